The standard InChI is InChI=1S/C14H17ClN2O/c1-3-17-14(12-4-5-13(15)18-12)10(2)11-6-8-16-9-7-11/h4-10,14,17H,3H2,1-2H3. The molecule has 2 rings (SSSR count). The number of likely N-dealkylation sites (N-methyl/N-ethyl adjacent to an activating group) is 1. The van der Waals surface area contributed by atoms with Gasteiger partial charge in [-0.2, -0.15) is 0 Å². The molecule has 0 bridgehead atoms. The highest BCUT2D eigenvalue weighted by molar-refractivity contribution is 6.28. The van der Waals surface area contributed by atoms with Crippen LogP contribution in [0.15, 0.2) is 41.1 Å². The lowest BCUT2D eigenvalue weighted by atomic mass is 9.92. The summed E-state index contributed by atoms with van der Waals surface area (Å²) in [6, 6.07) is 7.87. The van der Waals surface area contributed by atoms with E-state index in [1.165, 1.54) is 5.56 Å². The van der Waals surface area contributed by atoms with E-state index >= 15 is 0 Å². The Morgan fingerprint density at radius 3 is 2.56 bits per heavy atom. The van der Waals surface area contributed by atoms with Crippen LogP contribution in [0, 0.1) is 0 Å². The van der Waals surface area contributed by atoms with Gasteiger partial charge in [0.2, 0.25) is 0 Å². The number of furan rings is 1. The van der Waals surface area contributed by atoms with Gasteiger partial charge in [0.1, 0.15) is 5.76 Å². The van der Waals surface area contributed by atoms with Gasteiger partial charge in [-0.05, 0) is 48.0 Å². The van der Waals surface area contributed by atoms with Crippen molar-refractivity contribution < 1.29 is 4.42 Å². The Kier molecular flexibility index (Phi) is 4.39. The summed E-state index contributed by atoms with van der Waals surface area (Å²) in [5.74, 6) is 1.15. The van der Waals surface area contributed by atoms with Crippen LogP contribution in [0.25, 0.3) is 0 Å². The third kappa shape index (κ3) is 2.92. The van der Waals surface area contributed by atoms with Gasteiger partial charge < -0.3 is 9.73 Å². The van der Waals surface area contributed by atoms with Crippen molar-refractivity contribution >= 4 is 11.6 Å². The molecular formula is C14H17ClN2O. The Labute approximate surface area is 112 Å². The first-order valence-electron chi connectivity index (χ1n) is 6.11. The topological polar surface area (TPSA) is 38.1 Å². The highest BCUT2D eigenvalue weighted by Crippen LogP contribution is 2.32. The van der Waals surface area contributed by atoms with E-state index in [0.717, 1.165) is 12.3 Å². The van der Waals surface area contributed by atoms with Crippen LogP contribution in [0.2, 0.25) is 5.22 Å². The number of hydrogen-bond donors (Lipinski definition) is 1. The first-order chi connectivity index (χ1) is 8.72. The van der Waals surface area contributed by atoms with Gasteiger partial charge in [0, 0.05) is 18.3 Å². The van der Waals surface area contributed by atoms with Gasteiger partial charge in [-0.3, -0.25) is 4.98 Å². The van der Waals surface area contributed by atoms with E-state index in [4.69, 9.17) is 16.0 Å². The molecule has 0 aromatic carbocycles. The van der Waals surface area contributed by atoms with Gasteiger partial charge in [-0.1, -0.05) is 13.8 Å². The zero-order chi connectivity index (χ0) is 13.0. The molecule has 0 spiro atoms. The maximum atomic E-state index is 5.85. The minimum absolute atomic E-state index is 0.116. The zero-order valence-electron chi connectivity index (χ0n) is 10.6. The van der Waals surface area contributed by atoms with E-state index in [0.29, 0.717) is 5.22 Å². The summed E-state index contributed by atoms with van der Waals surface area (Å²) in [5, 5.41) is 3.86. The quantitative estimate of drug-likeness (QED) is 0.893. The van der Waals surface area contributed by atoms with E-state index < -0.39 is 0 Å². The molecule has 0 fully saturated rings. The number of nitrogens with zero attached hydrogens (tertiary/aromatic N) is 1. The van der Waals surface area contributed by atoms with Crippen LogP contribution in [-0.4, -0.2) is 11.5 Å². The second-order valence-electron chi connectivity index (χ2n) is 4.25. The summed E-state index contributed by atoms with van der Waals surface area (Å²) in [6.45, 7) is 5.12. The van der Waals surface area contributed by atoms with Crippen LogP contribution >= 0.6 is 11.6 Å². The maximum Gasteiger partial charge on any atom is 0.193 e. The van der Waals surface area contributed by atoms with Crippen LogP contribution in [0.4, 0.5) is 0 Å². The molecule has 0 saturated heterocycles. The third-order valence-corrected chi connectivity index (χ3v) is 3.26. The van der Waals surface area contributed by atoms with Crippen LogP contribution in [0.1, 0.15) is 37.1 Å². The van der Waals surface area contributed by atoms with Crippen molar-refractivity contribution in [2.24, 2.45) is 0 Å². The number of nitrogens with one attached hydrogen (secondary N) is 1. The van der Waals surface area contributed by atoms with Gasteiger partial charge in [0.25, 0.3) is 0 Å². The Hall–Kier alpha value is -1.32. The second-order valence-corrected chi connectivity index (χ2v) is 4.62. The second kappa shape index (κ2) is 6.03. The van der Waals surface area contributed by atoms with E-state index in [9.17, 15) is 0 Å². The highest BCUT2D eigenvalue weighted by Gasteiger charge is 2.22. The largest absolute Gasteiger partial charge is 0.448 e. The van der Waals surface area contributed by atoms with Crippen molar-refractivity contribution in [3.05, 3.63) is 53.2 Å². The van der Waals surface area contributed by atoms with Crippen LogP contribution in [-0.2, 0) is 0 Å². The van der Waals surface area contributed by atoms with Gasteiger partial charge in [-0.15, -0.1) is 0 Å². The van der Waals surface area contributed by atoms with Crippen LogP contribution < -0.4 is 5.32 Å². The molecule has 2 aromatic heterocycles. The molecule has 2 aromatic rings. The SMILES string of the molecule is CCNC(c1ccc(Cl)o1)C(C)c1ccncc1. The van der Waals surface area contributed by atoms with E-state index in [1.54, 1.807) is 6.07 Å². The molecule has 2 heterocycles. The molecule has 0 aliphatic rings. The van der Waals surface area contributed by atoms with E-state index in [1.807, 2.05) is 30.6 Å². The van der Waals surface area contributed by atoms with Gasteiger partial charge in [-0.25, -0.2) is 0 Å². The summed E-state index contributed by atoms with van der Waals surface area (Å²) in [5.41, 5.74) is 1.23. The molecule has 0 aliphatic heterocycles. The van der Waals surface area contributed by atoms with Crippen molar-refractivity contribution in [2.45, 2.75) is 25.8 Å². The van der Waals surface area contributed by atoms with Gasteiger partial charge in [0.05, 0.1) is 6.04 Å². The summed E-state index contributed by atoms with van der Waals surface area (Å²) in [7, 11) is 0. The summed E-state index contributed by atoms with van der Waals surface area (Å²) >= 11 is 5.85. The Bertz CT molecular complexity index is 484. The molecule has 96 valence electrons. The van der Waals surface area contributed by atoms with Crippen molar-refractivity contribution in [2.75, 3.05) is 6.54 Å². The molecule has 4 heteroatoms. The lowest BCUT2D eigenvalue weighted by Gasteiger charge is -2.23. The maximum absolute atomic E-state index is 5.85. The minimum atomic E-state index is 0.116. The van der Waals surface area contributed by atoms with Crippen molar-refractivity contribution in [1.82, 2.24) is 10.3 Å². The fraction of sp³-hybridized carbons (Fsp3) is 0.357. The van der Waals surface area contributed by atoms with Gasteiger partial charge >= 0.3 is 0 Å². The fourth-order valence-electron chi connectivity index (χ4n) is 2.10. The summed E-state index contributed by atoms with van der Waals surface area (Å²) in [4.78, 5) is 4.05. The highest BCUT2D eigenvalue weighted by atomic mass is 35.5. The van der Waals surface area contributed by atoms with E-state index in [2.05, 4.69) is 24.1 Å². The normalized spacial score (nSPS) is 14.4. The molecule has 2 unspecified atom stereocenters. The average Bonchev–Trinajstić information content (AvgIpc) is 2.82. The molecule has 0 radical (unpaired) electrons. The molecule has 0 saturated carbocycles. The smallest absolute Gasteiger partial charge is 0.193 e. The molecule has 3 nitrogen and oxygen atoms in total. The minimum Gasteiger partial charge on any atom is -0.448 e. The monoisotopic (exact) mass is 264 g/mol. The molecule has 1 N–H and O–H groups in total. The lowest BCUT2D eigenvalue weighted by molar-refractivity contribution is 0.382. The van der Waals surface area contributed by atoms with Crippen molar-refractivity contribution in [3.8, 4) is 0 Å². The van der Waals surface area contributed by atoms with E-state index in [-0.39, 0.29) is 12.0 Å². The molecule has 0 aliphatic carbocycles. The lowest BCUT2D eigenvalue weighted by Crippen LogP contribution is -2.25. The molecule has 0 amide bonds. The first kappa shape index (κ1) is 13.1. The number of rotatable bonds is 5. The number of aromatic nitrogens is 1. The molecule has 2 atom stereocenters. The summed E-state index contributed by atoms with van der Waals surface area (Å²) < 4.78 is 5.53. The third-order valence-electron chi connectivity index (χ3n) is 3.06. The molecular weight excluding hydrogens is 248 g/mol. The number of pyridine rings is 1. The fourth-order valence-corrected chi connectivity index (χ4v) is 2.25. The van der Waals surface area contributed by atoms with Crippen molar-refractivity contribution in [3.63, 3.8) is 0 Å². The predicted octanol–water partition coefficient (Wildman–Crippen LogP) is 3.78. The average molecular weight is 265 g/mol. The molecule has 18 heavy (non-hydrogen) atoms. The van der Waals surface area contributed by atoms with Crippen LogP contribution in [0.5, 0.6) is 0 Å². The first-order valence-corrected chi connectivity index (χ1v) is 6.48. The Balaban J connectivity index is 2.25. The number of hydrogen-bond acceptors (Lipinski definition) is 3. The Morgan fingerprint density at radius 2 is 2.00 bits per heavy atom. The zero-order valence-corrected chi connectivity index (χ0v) is 11.3. The van der Waals surface area contributed by atoms with Crippen LogP contribution in [0.3, 0.4) is 0 Å². The summed E-state index contributed by atoms with van der Waals surface area (Å²) in [6.07, 6.45) is 3.62. The Morgan fingerprint density at radius 1 is 1.28 bits per heavy atom. The van der Waals surface area contributed by atoms with Gasteiger partial charge in [0.15, 0.2) is 5.22 Å². The number of halogens is 1. The predicted molar refractivity (Wildman–Crippen MR) is 72.8 cm³/mol. The van der Waals surface area contributed by atoms with Crippen molar-refractivity contribution in [1.29, 1.82) is 0 Å².